The van der Waals surface area contributed by atoms with Crippen LogP contribution in [0.3, 0.4) is 0 Å². The number of primary amides is 2. The maximum Gasteiger partial charge on any atom is 0.231 e. The van der Waals surface area contributed by atoms with Crippen LogP contribution in [0.15, 0.2) is 0 Å². The predicted molar refractivity (Wildman–Crippen MR) is 384 cm³/mol. The van der Waals surface area contributed by atoms with Crippen LogP contribution in [0.5, 0.6) is 0 Å². The van der Waals surface area contributed by atoms with E-state index in [2.05, 4.69) is 27.7 Å². The summed E-state index contributed by atoms with van der Waals surface area (Å²) in [5, 5.41) is 0. The van der Waals surface area contributed by atoms with Crippen molar-refractivity contribution in [1.82, 2.24) is 0 Å². The van der Waals surface area contributed by atoms with E-state index in [4.69, 9.17) is 11.5 Å². The van der Waals surface area contributed by atoms with Crippen LogP contribution in [0.4, 0.5) is 0 Å². The molecule has 0 aliphatic carbocycles. The number of rotatable bonds is 76. The van der Waals surface area contributed by atoms with E-state index in [1.54, 1.807) is 0 Å². The van der Waals surface area contributed by atoms with Gasteiger partial charge in [0.15, 0.2) is 0 Å². The zero-order valence-corrected chi connectivity index (χ0v) is 60.0. The van der Waals surface area contributed by atoms with Crippen molar-refractivity contribution in [3.05, 3.63) is 0 Å². The molecule has 2 atom stereocenters. The number of nitrogens with two attached hydrogens (primary N) is 2. The molecule has 0 saturated heterocycles. The van der Waals surface area contributed by atoms with E-state index in [1.165, 1.54) is 334 Å². The average molecular weight is 1220 g/mol. The largest absolute Gasteiger partial charge is 0.369 e. The third kappa shape index (κ3) is 52.5. The van der Waals surface area contributed by atoms with Crippen LogP contribution in [-0.4, -0.2) is 23.4 Å². The van der Waals surface area contributed by atoms with Gasteiger partial charge < -0.3 is 11.5 Å². The zero-order valence-electron chi connectivity index (χ0n) is 60.0. The first-order valence-electron chi connectivity index (χ1n) is 40.3. The lowest BCUT2D eigenvalue weighted by atomic mass is 9.61. The van der Waals surface area contributed by atoms with Crippen molar-refractivity contribution in [1.29, 1.82) is 0 Å². The molecule has 0 heterocycles. The molecule has 0 aromatic carbocycles. The number of Topliss-reactive ketones (excluding diaryl/α,β-unsaturated/α-hetero) is 2. The first-order chi connectivity index (χ1) is 42.7. The second-order valence-electron chi connectivity index (χ2n) is 28.8. The summed E-state index contributed by atoms with van der Waals surface area (Å²) >= 11 is 0. The summed E-state index contributed by atoms with van der Waals surface area (Å²) < 4.78 is 0. The lowest BCUT2D eigenvalue weighted by molar-refractivity contribution is -0.150. The quantitative estimate of drug-likeness (QED) is 0.0465. The highest BCUT2D eigenvalue weighted by Gasteiger charge is 2.54. The molecule has 0 spiro atoms. The molecule has 6 heteroatoms. The molecule has 87 heavy (non-hydrogen) atoms. The molecule has 0 rings (SSSR count). The third-order valence-corrected chi connectivity index (χ3v) is 20.5. The molecule has 0 fully saturated rings. The van der Waals surface area contributed by atoms with E-state index in [9.17, 15) is 19.2 Å². The number of carbonyl (C=O) groups excluding carboxylic acids is 4. The number of unbranched alkanes of at least 4 members (excludes halogenated alkanes) is 62. The number of amides is 2. The van der Waals surface area contributed by atoms with Gasteiger partial charge in [0.2, 0.25) is 11.8 Å². The average Bonchev–Trinajstić information content (AvgIpc) is 1.11. The highest BCUT2D eigenvalue weighted by atomic mass is 16.2. The Morgan fingerprint density at radius 3 is 0.460 bits per heavy atom. The van der Waals surface area contributed by atoms with Gasteiger partial charge in [-0.25, -0.2) is 0 Å². The highest BCUT2D eigenvalue weighted by Crippen LogP contribution is 2.45. The smallest absolute Gasteiger partial charge is 0.231 e. The summed E-state index contributed by atoms with van der Waals surface area (Å²) in [6.45, 7) is 9.14. The van der Waals surface area contributed by atoms with E-state index in [1.807, 2.05) is 0 Å². The number of hydrogen-bond donors (Lipinski definition) is 2. The van der Waals surface area contributed by atoms with Crippen molar-refractivity contribution in [3.8, 4) is 0 Å². The molecule has 0 aliphatic heterocycles. The molecule has 516 valence electrons. The standard InChI is InChI=1S/C81H158N2O4/c1-5-9-13-17-21-25-29-33-37-39-41-45-49-53-57-61-65-69-73-80(78(82)86,76(84)71-67-63-59-55-51-47-43-35-31-27-23-19-15-11-7-3)75-81(79(83)87,77(85)72-68-64-60-56-52-48-44-36-32-28-24-20-16-12-8-4)74-70-66-62-58-54-50-46-42-40-38-34-30-26-22-18-14-10-6-2/h5-75H2,1-4H3,(H2,82,86)(H2,83,87). The second-order valence-corrected chi connectivity index (χ2v) is 28.8. The van der Waals surface area contributed by atoms with Gasteiger partial charge in [0.1, 0.15) is 22.4 Å². The molecule has 2 amide bonds. The van der Waals surface area contributed by atoms with Crippen LogP contribution in [0.2, 0.25) is 0 Å². The van der Waals surface area contributed by atoms with Crippen LogP contribution < -0.4 is 11.5 Å². The summed E-state index contributed by atoms with van der Waals surface area (Å²) in [5.74, 6) is -1.60. The van der Waals surface area contributed by atoms with Crippen LogP contribution in [0.1, 0.15) is 484 Å². The molecule has 4 N–H and O–H groups in total. The van der Waals surface area contributed by atoms with E-state index in [0.717, 1.165) is 64.2 Å². The van der Waals surface area contributed by atoms with Gasteiger partial charge >= 0.3 is 0 Å². The minimum atomic E-state index is -1.57. The fraction of sp³-hybridized carbons (Fsp3) is 0.951. The van der Waals surface area contributed by atoms with E-state index >= 15 is 0 Å². The fourth-order valence-electron chi connectivity index (χ4n) is 14.3. The molecule has 0 bridgehead atoms. The van der Waals surface area contributed by atoms with E-state index in [-0.39, 0.29) is 30.8 Å². The van der Waals surface area contributed by atoms with Gasteiger partial charge in [-0.1, -0.05) is 439 Å². The summed E-state index contributed by atoms with van der Waals surface area (Å²) in [4.78, 5) is 58.4. The summed E-state index contributed by atoms with van der Waals surface area (Å²) in [5.41, 5.74) is 9.91. The number of ketones is 2. The minimum absolute atomic E-state index is 0.141. The Morgan fingerprint density at radius 1 is 0.195 bits per heavy atom. The lowest BCUT2D eigenvalue weighted by Gasteiger charge is -2.39. The van der Waals surface area contributed by atoms with E-state index in [0.29, 0.717) is 38.5 Å². The molecule has 0 aromatic rings. The second kappa shape index (κ2) is 67.2. The van der Waals surface area contributed by atoms with Crippen molar-refractivity contribution in [2.45, 2.75) is 484 Å². The summed E-state index contributed by atoms with van der Waals surface area (Å²) in [7, 11) is 0. The van der Waals surface area contributed by atoms with Gasteiger partial charge in [0.25, 0.3) is 0 Å². The van der Waals surface area contributed by atoms with Gasteiger partial charge in [-0.3, -0.25) is 19.2 Å². The Bertz CT molecular complexity index is 1360. The van der Waals surface area contributed by atoms with Gasteiger partial charge in [-0.05, 0) is 32.1 Å². The zero-order chi connectivity index (χ0) is 63.5. The normalized spacial score (nSPS) is 13.1. The van der Waals surface area contributed by atoms with Crippen molar-refractivity contribution in [2.75, 3.05) is 0 Å². The third-order valence-electron chi connectivity index (χ3n) is 20.5. The van der Waals surface area contributed by atoms with Gasteiger partial charge in [0.05, 0.1) is 0 Å². The molecular weight excluding hydrogens is 1060 g/mol. The van der Waals surface area contributed by atoms with E-state index < -0.39 is 22.6 Å². The van der Waals surface area contributed by atoms with Crippen LogP contribution in [0, 0.1) is 10.8 Å². The monoisotopic (exact) mass is 1220 g/mol. The molecule has 0 saturated carbocycles. The van der Waals surface area contributed by atoms with Gasteiger partial charge in [0, 0.05) is 12.8 Å². The first-order valence-corrected chi connectivity index (χ1v) is 40.3. The molecule has 2 unspecified atom stereocenters. The van der Waals surface area contributed by atoms with Crippen molar-refractivity contribution in [2.24, 2.45) is 22.3 Å². The van der Waals surface area contributed by atoms with Crippen LogP contribution in [-0.2, 0) is 19.2 Å². The summed E-state index contributed by atoms with van der Waals surface area (Å²) in [6.07, 6.45) is 83.8. The summed E-state index contributed by atoms with van der Waals surface area (Å²) in [6, 6.07) is 0. The Labute approximate surface area is 545 Å². The molecule has 0 radical (unpaired) electrons. The fourth-order valence-corrected chi connectivity index (χ4v) is 14.3. The number of hydrogen-bond acceptors (Lipinski definition) is 4. The minimum Gasteiger partial charge on any atom is -0.369 e. The molecule has 0 aromatic heterocycles. The Balaban J connectivity index is 5.80. The highest BCUT2D eigenvalue weighted by molar-refractivity contribution is 6.10. The van der Waals surface area contributed by atoms with Crippen molar-refractivity contribution < 1.29 is 19.2 Å². The Hall–Kier alpha value is -1.72. The molecule has 6 nitrogen and oxygen atoms in total. The van der Waals surface area contributed by atoms with Gasteiger partial charge in [-0.15, -0.1) is 0 Å². The van der Waals surface area contributed by atoms with Crippen molar-refractivity contribution in [3.63, 3.8) is 0 Å². The maximum atomic E-state index is 15.0. The molecular formula is C81H158N2O4. The van der Waals surface area contributed by atoms with Crippen molar-refractivity contribution >= 4 is 23.4 Å². The first kappa shape index (κ1) is 85.3. The van der Waals surface area contributed by atoms with Crippen LogP contribution in [0.25, 0.3) is 0 Å². The maximum absolute atomic E-state index is 15.0. The van der Waals surface area contributed by atoms with Crippen LogP contribution >= 0.6 is 0 Å². The topological polar surface area (TPSA) is 120 Å². The SMILES string of the molecule is CCCCCCCCCCCCCCCCCCCCC(CC(CCCCCCCCCCCCCCCCCCCC)(C(N)=O)C(=O)CCCCCCCCCCCCCCCCC)(C(N)=O)C(=O)CCCCCCCCCCCCCCCCC. The Kier molecular flexibility index (Phi) is 65.9. The predicted octanol–water partition coefficient (Wildman–Crippen LogP) is 26.8. The Morgan fingerprint density at radius 2 is 0.322 bits per heavy atom. The lowest BCUT2D eigenvalue weighted by Crippen LogP contribution is -2.54. The molecule has 0 aliphatic rings. The van der Waals surface area contributed by atoms with Gasteiger partial charge in [-0.2, -0.15) is 0 Å². The number of carbonyl (C=O) groups is 4.